The zero-order valence-electron chi connectivity index (χ0n) is 10.9. The predicted molar refractivity (Wildman–Crippen MR) is 72.7 cm³/mol. The smallest absolute Gasteiger partial charge is 0.370 e. The van der Waals surface area contributed by atoms with Crippen LogP contribution in [-0.2, 0) is 12.6 Å². The third-order valence-electron chi connectivity index (χ3n) is 3.16. The number of alkyl halides is 3. The Bertz CT molecular complexity index is 464. The lowest BCUT2D eigenvalue weighted by Gasteiger charge is -2.11. The Hall–Kier alpha value is -1.31. The van der Waals surface area contributed by atoms with Gasteiger partial charge in [0.2, 0.25) is 0 Å². The lowest BCUT2D eigenvalue weighted by Crippen LogP contribution is -2.38. The van der Waals surface area contributed by atoms with E-state index in [0.717, 1.165) is 29.6 Å². The summed E-state index contributed by atoms with van der Waals surface area (Å²) in [6.45, 7) is 0.344. The maximum absolute atomic E-state index is 12.4. The van der Waals surface area contributed by atoms with Crippen LogP contribution in [0.1, 0.15) is 36.4 Å². The van der Waals surface area contributed by atoms with Crippen molar-refractivity contribution >= 4 is 17.3 Å². The Morgan fingerprint density at radius 2 is 2.15 bits per heavy atom. The summed E-state index contributed by atoms with van der Waals surface area (Å²) in [5.74, 6) is 0.365. The van der Waals surface area contributed by atoms with Crippen molar-refractivity contribution in [3.63, 3.8) is 0 Å². The van der Waals surface area contributed by atoms with E-state index in [1.54, 1.807) is 0 Å². The van der Waals surface area contributed by atoms with Gasteiger partial charge in [-0.1, -0.05) is 12.8 Å². The first-order valence-corrected chi connectivity index (χ1v) is 7.41. The van der Waals surface area contributed by atoms with Gasteiger partial charge in [0, 0.05) is 24.4 Å². The number of hydrogen-bond donors (Lipinski definition) is 2. The fraction of sp³-hybridized carbons (Fsp3) is 0.667. The van der Waals surface area contributed by atoms with Crippen LogP contribution in [0.25, 0.3) is 0 Å². The summed E-state index contributed by atoms with van der Waals surface area (Å²) in [5.41, 5.74) is 4.90. The zero-order valence-corrected chi connectivity index (χ0v) is 11.7. The molecule has 1 heterocycles. The second-order valence-corrected chi connectivity index (χ2v) is 5.71. The van der Waals surface area contributed by atoms with Crippen LogP contribution in [0.4, 0.5) is 13.2 Å². The van der Waals surface area contributed by atoms with Crippen molar-refractivity contribution in [3.8, 4) is 0 Å². The molecule has 1 aliphatic carbocycles. The van der Waals surface area contributed by atoms with Gasteiger partial charge in [0.25, 0.3) is 0 Å². The van der Waals surface area contributed by atoms with Crippen molar-refractivity contribution in [2.45, 2.75) is 44.3 Å². The number of nitrogens with two attached hydrogens (primary N) is 1. The molecule has 0 aromatic carbocycles. The average Bonchev–Trinajstić information content (AvgIpc) is 2.98. The molecule has 20 heavy (non-hydrogen) atoms. The third-order valence-corrected chi connectivity index (χ3v) is 4.07. The molecule has 112 valence electrons. The molecule has 1 aromatic rings. The Kier molecular flexibility index (Phi) is 4.85. The molecule has 1 aromatic heterocycles. The molecule has 0 saturated heterocycles. The number of hydrogen-bond acceptors (Lipinski definition) is 3. The fourth-order valence-corrected chi connectivity index (χ4v) is 2.95. The van der Waals surface area contributed by atoms with Crippen LogP contribution < -0.4 is 11.1 Å². The molecule has 0 atom stereocenters. The van der Waals surface area contributed by atoms with E-state index in [0.29, 0.717) is 30.0 Å². The van der Waals surface area contributed by atoms with E-state index in [4.69, 9.17) is 5.73 Å². The summed E-state index contributed by atoms with van der Waals surface area (Å²) in [7, 11) is 0. The van der Waals surface area contributed by atoms with E-state index in [-0.39, 0.29) is 0 Å². The molecule has 1 saturated carbocycles. The van der Waals surface area contributed by atoms with Gasteiger partial charge >= 0.3 is 6.18 Å². The number of thiazole rings is 1. The molecule has 1 aliphatic rings. The Morgan fingerprint density at radius 3 is 2.75 bits per heavy atom. The Labute approximate surface area is 119 Å². The number of nitrogens with one attached hydrogen (secondary N) is 1. The molecule has 1 fully saturated rings. The minimum atomic E-state index is -4.37. The van der Waals surface area contributed by atoms with Gasteiger partial charge in [-0.25, -0.2) is 4.98 Å². The molecular formula is C12H17F3N4S. The van der Waals surface area contributed by atoms with Crippen LogP contribution in [0.5, 0.6) is 0 Å². The maximum Gasteiger partial charge on any atom is 0.434 e. The predicted octanol–water partition coefficient (Wildman–Crippen LogP) is 2.55. The quantitative estimate of drug-likeness (QED) is 0.664. The summed E-state index contributed by atoms with van der Waals surface area (Å²) >= 11 is 0.999. The summed E-state index contributed by atoms with van der Waals surface area (Å²) in [4.78, 5) is 7.67. The standard InChI is InChI=1S/C12H17F3N4S/c13-12(14,15)9-7-20-10(19-9)5-6-17-11(16)18-8-3-1-2-4-8/h7-8H,1-6H2,(H3,16,17,18). The number of aromatic nitrogens is 1. The molecule has 4 nitrogen and oxygen atoms in total. The van der Waals surface area contributed by atoms with Gasteiger partial charge < -0.3 is 11.1 Å². The van der Waals surface area contributed by atoms with Crippen LogP contribution in [0.3, 0.4) is 0 Å². The molecule has 0 aliphatic heterocycles. The molecular weight excluding hydrogens is 289 g/mol. The lowest BCUT2D eigenvalue weighted by atomic mass is 10.2. The van der Waals surface area contributed by atoms with Crippen molar-refractivity contribution in [3.05, 3.63) is 16.1 Å². The molecule has 0 radical (unpaired) electrons. The monoisotopic (exact) mass is 306 g/mol. The van der Waals surface area contributed by atoms with E-state index in [2.05, 4.69) is 15.3 Å². The molecule has 0 amide bonds. The van der Waals surface area contributed by atoms with Crippen LogP contribution in [0.2, 0.25) is 0 Å². The van der Waals surface area contributed by atoms with Gasteiger partial charge in [-0.05, 0) is 12.8 Å². The number of aliphatic imine (C=N–C) groups is 1. The van der Waals surface area contributed by atoms with E-state index in [9.17, 15) is 13.2 Å². The topological polar surface area (TPSA) is 63.3 Å². The van der Waals surface area contributed by atoms with Crippen molar-refractivity contribution in [1.82, 2.24) is 10.3 Å². The molecule has 8 heteroatoms. The zero-order chi connectivity index (χ0) is 14.6. The van der Waals surface area contributed by atoms with Gasteiger partial charge in [0.05, 0.1) is 5.01 Å². The second kappa shape index (κ2) is 6.43. The van der Waals surface area contributed by atoms with Crippen LogP contribution >= 0.6 is 11.3 Å². The number of halogens is 3. The molecule has 0 bridgehead atoms. The highest BCUT2D eigenvalue weighted by Gasteiger charge is 2.33. The summed E-state index contributed by atoms with van der Waals surface area (Å²) in [6.07, 6.45) is 0.582. The highest BCUT2D eigenvalue weighted by Crippen LogP contribution is 2.30. The molecule has 0 unspecified atom stereocenters. The van der Waals surface area contributed by atoms with Gasteiger partial charge in [-0.3, -0.25) is 4.99 Å². The largest absolute Gasteiger partial charge is 0.434 e. The van der Waals surface area contributed by atoms with E-state index >= 15 is 0 Å². The fourth-order valence-electron chi connectivity index (χ4n) is 2.15. The normalized spacial score (nSPS) is 17.6. The SMILES string of the molecule is NC(=NCCc1nc(C(F)(F)F)cs1)NC1CCCC1. The van der Waals surface area contributed by atoms with Crippen LogP contribution in [0.15, 0.2) is 10.4 Å². The Balaban J connectivity index is 1.78. The van der Waals surface area contributed by atoms with Crippen molar-refractivity contribution in [2.75, 3.05) is 6.54 Å². The maximum atomic E-state index is 12.4. The summed E-state index contributed by atoms with van der Waals surface area (Å²) < 4.78 is 37.1. The first kappa shape index (κ1) is 15.1. The highest BCUT2D eigenvalue weighted by molar-refractivity contribution is 7.09. The van der Waals surface area contributed by atoms with Gasteiger partial charge in [-0.15, -0.1) is 11.3 Å². The number of guanidine groups is 1. The first-order valence-electron chi connectivity index (χ1n) is 6.53. The Morgan fingerprint density at radius 1 is 1.45 bits per heavy atom. The van der Waals surface area contributed by atoms with Crippen LogP contribution in [0, 0.1) is 0 Å². The van der Waals surface area contributed by atoms with Crippen molar-refractivity contribution in [2.24, 2.45) is 10.7 Å². The average molecular weight is 306 g/mol. The van der Waals surface area contributed by atoms with Crippen molar-refractivity contribution < 1.29 is 13.2 Å². The van der Waals surface area contributed by atoms with E-state index in [1.807, 2.05) is 0 Å². The molecule has 2 rings (SSSR count). The van der Waals surface area contributed by atoms with Gasteiger partial charge in [0.15, 0.2) is 11.7 Å². The van der Waals surface area contributed by atoms with Gasteiger partial charge in [0.1, 0.15) is 0 Å². The number of nitrogens with zero attached hydrogens (tertiary/aromatic N) is 2. The van der Waals surface area contributed by atoms with E-state index in [1.165, 1.54) is 12.8 Å². The minimum absolute atomic E-state index is 0.344. The third kappa shape index (κ3) is 4.36. The van der Waals surface area contributed by atoms with E-state index < -0.39 is 11.9 Å². The lowest BCUT2D eigenvalue weighted by molar-refractivity contribution is -0.140. The van der Waals surface area contributed by atoms with Crippen molar-refractivity contribution in [1.29, 1.82) is 0 Å². The molecule has 0 spiro atoms. The highest BCUT2D eigenvalue weighted by atomic mass is 32.1. The number of rotatable bonds is 4. The van der Waals surface area contributed by atoms with Gasteiger partial charge in [-0.2, -0.15) is 13.2 Å². The summed E-state index contributed by atoms with van der Waals surface area (Å²) in [6, 6.07) is 0.385. The van der Waals surface area contributed by atoms with Crippen LogP contribution in [-0.4, -0.2) is 23.5 Å². The second-order valence-electron chi connectivity index (χ2n) is 4.77. The minimum Gasteiger partial charge on any atom is -0.370 e. The first-order chi connectivity index (χ1) is 9.45. The molecule has 3 N–H and O–H groups in total. The summed E-state index contributed by atoms with van der Waals surface area (Å²) in [5, 5.41) is 4.58.